The fraction of sp³-hybridized carbons (Fsp3) is 0.412. The van der Waals surface area contributed by atoms with E-state index in [0.717, 1.165) is 40.7 Å². The molecule has 8 nitrogen and oxygen atoms in total. The lowest BCUT2D eigenvalue weighted by Gasteiger charge is -2.14. The van der Waals surface area contributed by atoms with Crippen LogP contribution in [0.1, 0.15) is 55.0 Å². The Morgan fingerprint density at radius 1 is 1.32 bits per heavy atom. The number of hydrogen-bond acceptors (Lipinski definition) is 5. The van der Waals surface area contributed by atoms with Crippen molar-refractivity contribution in [1.29, 1.82) is 0 Å². The van der Waals surface area contributed by atoms with Gasteiger partial charge in [-0.1, -0.05) is 0 Å². The van der Waals surface area contributed by atoms with Crippen molar-refractivity contribution in [3.05, 3.63) is 23.9 Å². The van der Waals surface area contributed by atoms with Crippen LogP contribution >= 0.6 is 0 Å². The van der Waals surface area contributed by atoms with Crippen LogP contribution in [-0.4, -0.2) is 30.2 Å². The lowest BCUT2D eigenvalue weighted by Crippen LogP contribution is -2.25. The minimum Gasteiger partial charge on any atom is -0.383 e. The fourth-order valence-corrected chi connectivity index (χ4v) is 3.84. The van der Waals surface area contributed by atoms with Gasteiger partial charge >= 0.3 is 0 Å². The number of hydrogen-bond donors (Lipinski definition) is 2. The number of fused-ring (bicyclic) bond motifs is 5. The third-order valence-corrected chi connectivity index (χ3v) is 5.02. The van der Waals surface area contributed by atoms with E-state index in [4.69, 9.17) is 5.73 Å². The molecule has 3 aromatic rings. The van der Waals surface area contributed by atoms with Crippen LogP contribution in [0, 0.1) is 0 Å². The highest BCUT2D eigenvalue weighted by atomic mass is 16.2. The van der Waals surface area contributed by atoms with E-state index < -0.39 is 0 Å². The fourth-order valence-electron chi connectivity index (χ4n) is 3.84. The lowest BCUT2D eigenvalue weighted by molar-refractivity contribution is 0.0941. The molecule has 0 spiro atoms. The molecule has 5 rings (SSSR count). The Morgan fingerprint density at radius 3 is 2.84 bits per heavy atom. The molecule has 4 heterocycles. The Morgan fingerprint density at radius 2 is 2.12 bits per heavy atom. The number of nitrogen functional groups attached to an aromatic ring is 1. The number of nitrogens with zero attached hydrogens (tertiary/aromatic N) is 5. The molecule has 3 aromatic heterocycles. The van der Waals surface area contributed by atoms with Crippen molar-refractivity contribution < 1.29 is 4.79 Å². The number of anilines is 1. The largest absolute Gasteiger partial charge is 0.383 e. The Hall–Kier alpha value is -2.90. The van der Waals surface area contributed by atoms with E-state index in [1.807, 2.05) is 4.68 Å². The number of carbonyl (C=O) groups excluding carboxylic acids is 1. The molecule has 0 unspecified atom stereocenters. The molecule has 128 valence electrons. The second-order valence-electron chi connectivity index (χ2n) is 7.01. The third kappa shape index (κ3) is 1.87. The molecular formula is C17H19N7O. The van der Waals surface area contributed by atoms with Crippen LogP contribution in [0.15, 0.2) is 12.5 Å². The summed E-state index contributed by atoms with van der Waals surface area (Å²) < 4.78 is 3.99. The summed E-state index contributed by atoms with van der Waals surface area (Å²) >= 11 is 0. The summed E-state index contributed by atoms with van der Waals surface area (Å²) in [5.74, 6) is 0.342. The average Bonchev–Trinajstić information content (AvgIpc) is 3.26. The van der Waals surface area contributed by atoms with Crippen LogP contribution in [0.4, 0.5) is 5.82 Å². The summed E-state index contributed by atoms with van der Waals surface area (Å²) in [6.45, 7) is 4.63. The molecule has 1 fully saturated rings. The summed E-state index contributed by atoms with van der Waals surface area (Å²) in [6, 6.07) is 0.501. The first-order valence-electron chi connectivity index (χ1n) is 8.57. The molecule has 1 saturated carbocycles. The molecule has 25 heavy (non-hydrogen) atoms. The van der Waals surface area contributed by atoms with Gasteiger partial charge in [0.05, 0.1) is 24.2 Å². The number of nitrogens with two attached hydrogens (primary N) is 1. The molecule has 3 N–H and O–H groups in total. The highest BCUT2D eigenvalue weighted by Crippen LogP contribution is 2.43. The summed E-state index contributed by atoms with van der Waals surface area (Å²) in [7, 11) is 0. The molecule has 0 atom stereocenters. The number of nitrogens with one attached hydrogen (secondary N) is 1. The zero-order valence-electron chi connectivity index (χ0n) is 14.2. The Bertz CT molecular complexity index is 1030. The summed E-state index contributed by atoms with van der Waals surface area (Å²) in [5.41, 5.74) is 10.4. The molecule has 0 radical (unpaired) electrons. The number of aromatic nitrogens is 5. The maximum absolute atomic E-state index is 12.7. The van der Waals surface area contributed by atoms with Crippen molar-refractivity contribution >= 4 is 22.8 Å². The molecule has 1 aliphatic heterocycles. The standard InChI is InChI=1S/C17H19N7O/c1-8(2)23-11-6-19-17(25)14-10(5-22-24(14)9-3-4-9)12(11)13-15(18)20-7-21-16(13)23/h5,7-9H,3-4,6H2,1-2H3,(H,19,25)(H2,18,20,21). The van der Waals surface area contributed by atoms with E-state index >= 15 is 0 Å². The maximum Gasteiger partial charge on any atom is 0.270 e. The van der Waals surface area contributed by atoms with Gasteiger partial charge in [0, 0.05) is 22.9 Å². The smallest absolute Gasteiger partial charge is 0.270 e. The Kier molecular flexibility index (Phi) is 2.78. The van der Waals surface area contributed by atoms with E-state index in [9.17, 15) is 4.79 Å². The average molecular weight is 337 g/mol. The van der Waals surface area contributed by atoms with Gasteiger partial charge in [0.1, 0.15) is 23.5 Å². The van der Waals surface area contributed by atoms with Crippen LogP contribution < -0.4 is 11.1 Å². The first kappa shape index (κ1) is 14.4. The Balaban J connectivity index is 1.91. The van der Waals surface area contributed by atoms with Crippen molar-refractivity contribution in [3.8, 4) is 11.1 Å². The van der Waals surface area contributed by atoms with Gasteiger partial charge in [0.2, 0.25) is 0 Å². The number of rotatable bonds is 2. The summed E-state index contributed by atoms with van der Waals surface area (Å²) in [5, 5.41) is 8.34. The highest BCUT2D eigenvalue weighted by molar-refractivity contribution is 6.09. The predicted molar refractivity (Wildman–Crippen MR) is 93.0 cm³/mol. The minimum atomic E-state index is -0.0884. The zero-order chi connectivity index (χ0) is 17.3. The first-order valence-corrected chi connectivity index (χ1v) is 8.57. The molecule has 0 aromatic carbocycles. The van der Waals surface area contributed by atoms with Gasteiger partial charge in [-0.15, -0.1) is 0 Å². The lowest BCUT2D eigenvalue weighted by atomic mass is 10.0. The topological polar surface area (TPSA) is 104 Å². The molecule has 1 aliphatic carbocycles. The van der Waals surface area contributed by atoms with Crippen molar-refractivity contribution in [2.45, 2.75) is 45.3 Å². The van der Waals surface area contributed by atoms with Gasteiger partial charge < -0.3 is 15.6 Å². The minimum absolute atomic E-state index is 0.0884. The normalized spacial score (nSPS) is 16.7. The predicted octanol–water partition coefficient (Wildman–Crippen LogP) is 2.04. The quantitative estimate of drug-likeness (QED) is 0.745. The van der Waals surface area contributed by atoms with Gasteiger partial charge in [-0.25, -0.2) is 9.97 Å². The molecule has 0 bridgehead atoms. The molecule has 8 heteroatoms. The molecule has 1 amide bonds. The van der Waals surface area contributed by atoms with E-state index in [0.29, 0.717) is 24.1 Å². The van der Waals surface area contributed by atoms with Crippen LogP contribution in [0.5, 0.6) is 0 Å². The second-order valence-corrected chi connectivity index (χ2v) is 7.01. The highest BCUT2D eigenvalue weighted by Gasteiger charge is 2.35. The first-order chi connectivity index (χ1) is 12.1. The van der Waals surface area contributed by atoms with E-state index in [1.165, 1.54) is 6.33 Å². The van der Waals surface area contributed by atoms with Crippen LogP contribution in [-0.2, 0) is 6.54 Å². The third-order valence-electron chi connectivity index (χ3n) is 5.02. The molecule has 0 saturated heterocycles. The van der Waals surface area contributed by atoms with E-state index in [-0.39, 0.29) is 11.9 Å². The van der Waals surface area contributed by atoms with E-state index in [2.05, 4.69) is 38.8 Å². The van der Waals surface area contributed by atoms with Gasteiger partial charge in [-0.05, 0) is 26.7 Å². The molecular weight excluding hydrogens is 318 g/mol. The monoisotopic (exact) mass is 337 g/mol. The summed E-state index contributed by atoms with van der Waals surface area (Å²) in [6.07, 6.45) is 5.40. The number of amides is 1. The van der Waals surface area contributed by atoms with Gasteiger partial charge in [-0.3, -0.25) is 9.48 Å². The van der Waals surface area contributed by atoms with Gasteiger partial charge in [0.15, 0.2) is 0 Å². The number of carbonyl (C=O) groups is 1. The van der Waals surface area contributed by atoms with Crippen LogP contribution in [0.2, 0.25) is 0 Å². The van der Waals surface area contributed by atoms with Crippen LogP contribution in [0.3, 0.4) is 0 Å². The SMILES string of the molecule is CC(C)n1c2c(c3c(N)ncnc31)-c1cnn(C3CC3)c1C(=O)NC2. The van der Waals surface area contributed by atoms with E-state index in [1.54, 1.807) is 6.20 Å². The second kappa shape index (κ2) is 4.81. The Labute approximate surface area is 144 Å². The van der Waals surface area contributed by atoms with Crippen molar-refractivity contribution in [2.75, 3.05) is 5.73 Å². The van der Waals surface area contributed by atoms with Crippen molar-refractivity contribution in [2.24, 2.45) is 0 Å². The maximum atomic E-state index is 12.7. The van der Waals surface area contributed by atoms with Crippen molar-refractivity contribution in [3.63, 3.8) is 0 Å². The van der Waals surface area contributed by atoms with Gasteiger partial charge in [-0.2, -0.15) is 5.10 Å². The van der Waals surface area contributed by atoms with Gasteiger partial charge in [0.25, 0.3) is 5.91 Å². The van der Waals surface area contributed by atoms with Crippen molar-refractivity contribution in [1.82, 2.24) is 29.6 Å². The van der Waals surface area contributed by atoms with Crippen LogP contribution in [0.25, 0.3) is 22.2 Å². The zero-order valence-corrected chi connectivity index (χ0v) is 14.2. The molecule has 2 aliphatic rings. The summed E-state index contributed by atoms with van der Waals surface area (Å²) in [4.78, 5) is 21.4.